The molecule has 6 nitrogen and oxygen atoms in total. The van der Waals surface area contributed by atoms with Gasteiger partial charge in [0.15, 0.2) is 0 Å². The minimum Gasteiger partial charge on any atom is -0.280 e. The molecule has 0 unspecified atom stereocenters. The predicted octanol–water partition coefficient (Wildman–Crippen LogP) is 2.09. The van der Waals surface area contributed by atoms with E-state index in [1.54, 1.807) is 19.1 Å². The van der Waals surface area contributed by atoms with Crippen molar-refractivity contribution in [3.8, 4) is 0 Å². The van der Waals surface area contributed by atoms with E-state index in [2.05, 4.69) is 9.44 Å². The molecule has 2 N–H and O–H groups in total. The topological polar surface area (TPSA) is 92.3 Å². The Morgan fingerprint density at radius 3 is 1.78 bits per heavy atom. The van der Waals surface area contributed by atoms with Gasteiger partial charge in [-0.25, -0.2) is 21.6 Å². The summed E-state index contributed by atoms with van der Waals surface area (Å²) < 4.78 is 53.0. The third-order valence-corrected chi connectivity index (χ3v) is 6.04. The van der Waals surface area contributed by atoms with Gasteiger partial charge in [0.2, 0.25) is 10.0 Å². The second-order valence-corrected chi connectivity index (χ2v) is 8.39. The zero-order chi connectivity index (χ0) is 17.1. The van der Waals surface area contributed by atoms with Gasteiger partial charge in [-0.1, -0.05) is 24.6 Å². The van der Waals surface area contributed by atoms with Crippen LogP contribution in [0.3, 0.4) is 0 Å². The second kappa shape index (κ2) is 6.69. The molecule has 2 rings (SSSR count). The lowest BCUT2D eigenvalue weighted by molar-refractivity contribution is 0.584. The van der Waals surface area contributed by atoms with E-state index < -0.39 is 20.0 Å². The van der Waals surface area contributed by atoms with Gasteiger partial charge in [0, 0.05) is 12.2 Å². The molecule has 8 heteroatoms. The Hall–Kier alpha value is -1.90. The first kappa shape index (κ1) is 17.5. The van der Waals surface area contributed by atoms with Gasteiger partial charge in [0.1, 0.15) is 0 Å². The number of anilines is 1. The van der Waals surface area contributed by atoms with Gasteiger partial charge < -0.3 is 0 Å². The molecule has 0 bridgehead atoms. The van der Waals surface area contributed by atoms with Crippen LogP contribution in [-0.4, -0.2) is 23.4 Å². The van der Waals surface area contributed by atoms with Gasteiger partial charge in [-0.2, -0.15) is 0 Å². The third-order valence-electron chi connectivity index (χ3n) is 3.08. The molecule has 124 valence electrons. The van der Waals surface area contributed by atoms with Crippen LogP contribution in [-0.2, 0) is 20.0 Å². The molecule has 0 aromatic heterocycles. The van der Waals surface area contributed by atoms with Gasteiger partial charge in [0.05, 0.1) is 9.79 Å². The summed E-state index contributed by atoms with van der Waals surface area (Å²) in [6.07, 6.45) is 0. The summed E-state index contributed by atoms with van der Waals surface area (Å²) in [5.74, 6) is 0. The molecule has 0 fully saturated rings. The van der Waals surface area contributed by atoms with Crippen molar-refractivity contribution in [2.75, 3.05) is 11.3 Å². The first-order chi connectivity index (χ1) is 10.7. The number of benzene rings is 2. The van der Waals surface area contributed by atoms with Crippen LogP contribution in [0.25, 0.3) is 0 Å². The van der Waals surface area contributed by atoms with Crippen molar-refractivity contribution in [3.05, 3.63) is 54.1 Å². The number of hydrogen-bond donors (Lipinski definition) is 2. The molecule has 23 heavy (non-hydrogen) atoms. The maximum Gasteiger partial charge on any atom is 0.261 e. The third kappa shape index (κ3) is 4.31. The molecule has 0 aliphatic carbocycles. The lowest BCUT2D eigenvalue weighted by atomic mass is 10.2. The summed E-state index contributed by atoms with van der Waals surface area (Å²) in [7, 11) is -7.26. The second-order valence-electron chi connectivity index (χ2n) is 4.94. The minimum absolute atomic E-state index is 0.0811. The Morgan fingerprint density at radius 2 is 1.26 bits per heavy atom. The summed E-state index contributed by atoms with van der Waals surface area (Å²) in [5.41, 5.74) is 1.25. The monoisotopic (exact) mass is 354 g/mol. The highest BCUT2D eigenvalue weighted by molar-refractivity contribution is 7.92. The molecule has 0 aliphatic rings. The lowest BCUT2D eigenvalue weighted by Gasteiger charge is -2.09. The molecule has 0 spiro atoms. The molecule has 0 heterocycles. The van der Waals surface area contributed by atoms with Crippen molar-refractivity contribution in [2.45, 2.75) is 23.6 Å². The minimum atomic E-state index is -3.70. The van der Waals surface area contributed by atoms with Crippen LogP contribution in [0.1, 0.15) is 12.5 Å². The first-order valence-corrected chi connectivity index (χ1v) is 9.90. The Bertz CT molecular complexity index is 872. The lowest BCUT2D eigenvalue weighted by Crippen LogP contribution is -2.23. The van der Waals surface area contributed by atoms with E-state index in [1.807, 2.05) is 6.92 Å². The fourth-order valence-corrected chi connectivity index (χ4v) is 4.01. The SMILES string of the molecule is CCNS(=O)(=O)c1ccc(NS(=O)(=O)c2ccc(C)cc2)cc1. The molecule has 0 saturated heterocycles. The van der Waals surface area contributed by atoms with E-state index in [0.717, 1.165) is 5.56 Å². The van der Waals surface area contributed by atoms with Crippen LogP contribution in [0.2, 0.25) is 0 Å². The molecule has 0 radical (unpaired) electrons. The largest absolute Gasteiger partial charge is 0.280 e. The van der Waals surface area contributed by atoms with Crippen LogP contribution in [0, 0.1) is 6.92 Å². The van der Waals surface area contributed by atoms with Crippen molar-refractivity contribution >= 4 is 25.7 Å². The standard InChI is InChI=1S/C15H18N2O4S2/c1-3-16-22(18,19)14-10-6-13(7-11-14)17-23(20,21)15-8-4-12(2)5-9-15/h4-11,16-17H,3H2,1-2H3. The summed E-state index contributed by atoms with van der Waals surface area (Å²) in [6.45, 7) is 3.83. The zero-order valence-corrected chi connectivity index (χ0v) is 14.4. The Morgan fingerprint density at radius 1 is 0.783 bits per heavy atom. The fraction of sp³-hybridized carbons (Fsp3) is 0.200. The van der Waals surface area contributed by atoms with E-state index in [0.29, 0.717) is 5.69 Å². The average molecular weight is 354 g/mol. The predicted molar refractivity (Wildman–Crippen MR) is 89.3 cm³/mol. The van der Waals surface area contributed by atoms with Crippen molar-refractivity contribution in [3.63, 3.8) is 0 Å². The van der Waals surface area contributed by atoms with Crippen LogP contribution in [0.4, 0.5) is 5.69 Å². The average Bonchev–Trinajstić information content (AvgIpc) is 2.48. The number of sulfonamides is 2. The van der Waals surface area contributed by atoms with Crippen LogP contribution >= 0.6 is 0 Å². The highest BCUT2D eigenvalue weighted by Gasteiger charge is 2.15. The van der Waals surface area contributed by atoms with E-state index in [-0.39, 0.29) is 16.3 Å². The fourth-order valence-electron chi connectivity index (χ4n) is 1.91. The van der Waals surface area contributed by atoms with E-state index in [9.17, 15) is 16.8 Å². The molecular weight excluding hydrogens is 336 g/mol. The summed E-state index contributed by atoms with van der Waals surface area (Å²) in [5, 5.41) is 0. The van der Waals surface area contributed by atoms with Gasteiger partial charge in [-0.15, -0.1) is 0 Å². The van der Waals surface area contributed by atoms with Gasteiger partial charge in [-0.05, 0) is 43.3 Å². The van der Waals surface area contributed by atoms with E-state index in [1.165, 1.54) is 36.4 Å². The maximum atomic E-state index is 12.3. The molecule has 0 aliphatic heterocycles. The van der Waals surface area contributed by atoms with Crippen LogP contribution < -0.4 is 9.44 Å². The van der Waals surface area contributed by atoms with Gasteiger partial charge >= 0.3 is 0 Å². The van der Waals surface area contributed by atoms with Crippen molar-refractivity contribution in [1.29, 1.82) is 0 Å². The molecular formula is C15H18N2O4S2. The van der Waals surface area contributed by atoms with Crippen molar-refractivity contribution < 1.29 is 16.8 Å². The highest BCUT2D eigenvalue weighted by Crippen LogP contribution is 2.18. The molecule has 0 saturated carbocycles. The van der Waals surface area contributed by atoms with Crippen LogP contribution in [0.5, 0.6) is 0 Å². The summed E-state index contributed by atoms with van der Waals surface area (Å²) in [6, 6.07) is 12.0. The number of rotatable bonds is 6. The summed E-state index contributed by atoms with van der Waals surface area (Å²) >= 11 is 0. The van der Waals surface area contributed by atoms with E-state index >= 15 is 0 Å². The first-order valence-electron chi connectivity index (χ1n) is 6.94. The Labute approximate surface area is 136 Å². The number of hydrogen-bond acceptors (Lipinski definition) is 4. The quantitative estimate of drug-likeness (QED) is 0.831. The van der Waals surface area contributed by atoms with E-state index in [4.69, 9.17) is 0 Å². The van der Waals surface area contributed by atoms with Gasteiger partial charge in [-0.3, -0.25) is 4.72 Å². The molecule has 0 atom stereocenters. The van der Waals surface area contributed by atoms with Crippen molar-refractivity contribution in [2.24, 2.45) is 0 Å². The summed E-state index contributed by atoms with van der Waals surface area (Å²) in [4.78, 5) is 0.227. The number of aryl methyl sites for hydroxylation is 1. The smallest absolute Gasteiger partial charge is 0.261 e. The Kier molecular flexibility index (Phi) is 5.08. The molecule has 0 amide bonds. The van der Waals surface area contributed by atoms with Crippen LogP contribution in [0.15, 0.2) is 58.3 Å². The maximum absolute atomic E-state index is 12.3. The normalized spacial score (nSPS) is 12.1. The Balaban J connectivity index is 2.22. The molecule has 2 aromatic carbocycles. The molecule has 2 aromatic rings. The zero-order valence-electron chi connectivity index (χ0n) is 12.8. The number of nitrogens with one attached hydrogen (secondary N) is 2. The van der Waals surface area contributed by atoms with Crippen molar-refractivity contribution in [1.82, 2.24) is 4.72 Å². The highest BCUT2D eigenvalue weighted by atomic mass is 32.2. The van der Waals surface area contributed by atoms with Gasteiger partial charge in [0.25, 0.3) is 10.0 Å².